The van der Waals surface area contributed by atoms with Crippen LogP contribution in [-0.2, 0) is 4.79 Å². The highest BCUT2D eigenvalue weighted by Crippen LogP contribution is 2.30. The second-order valence-corrected chi connectivity index (χ2v) is 8.85. The van der Waals surface area contributed by atoms with E-state index >= 15 is 0 Å². The number of aromatic nitrogens is 4. The number of anilines is 3. The Morgan fingerprint density at radius 3 is 3.03 bits per heavy atom. The van der Waals surface area contributed by atoms with Crippen LogP contribution >= 0.6 is 0 Å². The number of piperidine rings is 1. The fraction of sp³-hybridized carbons (Fsp3) is 0.360. The topological polar surface area (TPSA) is 158 Å². The Kier molecular flexibility index (Phi) is 7.14. The molecule has 5 rings (SSSR count). The number of nitrogens with zero attached hydrogens (tertiary/aromatic N) is 6. The number of benzene rings is 1. The normalized spacial score (nSPS) is 19.3. The number of carbonyl (C=O) groups is 1. The van der Waals surface area contributed by atoms with Gasteiger partial charge in [0.05, 0.1) is 30.5 Å². The van der Waals surface area contributed by atoms with Crippen LogP contribution in [0.4, 0.5) is 21.8 Å². The molecule has 0 saturated carbocycles. The number of likely N-dealkylation sites (tertiary alicyclic amines) is 1. The number of aliphatic hydroxyl groups excluding tert-OH is 1. The van der Waals surface area contributed by atoms with E-state index in [-0.39, 0.29) is 36.8 Å². The molecule has 1 unspecified atom stereocenters. The Morgan fingerprint density at radius 2 is 2.24 bits per heavy atom. The third-order valence-corrected chi connectivity index (χ3v) is 6.12. The fourth-order valence-corrected chi connectivity index (χ4v) is 4.21. The van der Waals surface area contributed by atoms with Gasteiger partial charge >= 0.3 is 0 Å². The van der Waals surface area contributed by atoms with Crippen LogP contribution in [0.1, 0.15) is 18.9 Å². The van der Waals surface area contributed by atoms with Crippen molar-refractivity contribution < 1.29 is 23.8 Å². The SMILES string of the molecule is CC(O)C(=O)N1CC[C@H](Oc2ccc(-c3ncnc(Nc4cnc5c(c4)OCCN5)n3)cc2C#N)[C@H](F)C1. The van der Waals surface area contributed by atoms with Crippen LogP contribution < -0.4 is 20.1 Å². The minimum absolute atomic E-state index is 0.183. The average Bonchev–Trinajstić information content (AvgIpc) is 2.94. The number of alkyl halides is 1. The van der Waals surface area contributed by atoms with Gasteiger partial charge in [-0.1, -0.05) is 0 Å². The van der Waals surface area contributed by atoms with Gasteiger partial charge in [0, 0.05) is 24.6 Å². The number of rotatable bonds is 6. The molecule has 1 aromatic carbocycles. The predicted molar refractivity (Wildman–Crippen MR) is 134 cm³/mol. The molecule has 1 fully saturated rings. The van der Waals surface area contributed by atoms with Gasteiger partial charge < -0.3 is 30.1 Å². The number of halogens is 1. The highest BCUT2D eigenvalue weighted by atomic mass is 19.1. The number of hydrogen-bond donors (Lipinski definition) is 3. The standard InChI is InChI=1S/C25H25FN8O4/c1-14(35)24(36)34-6-4-20(18(26)12-34)38-19-3-2-15(8-16(19)10-27)22-30-13-31-25(33-22)32-17-9-21-23(29-11-17)28-5-7-37-21/h2-3,8-9,11,13-14,18,20,35H,4-7,12H2,1H3,(H,28,29)(H,30,31,32,33)/t14?,18-,20+/m1/s1. The minimum atomic E-state index is -1.46. The van der Waals surface area contributed by atoms with Crippen molar-refractivity contribution in [3.63, 3.8) is 0 Å². The first-order chi connectivity index (χ1) is 18.4. The van der Waals surface area contributed by atoms with Crippen molar-refractivity contribution in [1.82, 2.24) is 24.8 Å². The molecule has 2 aliphatic rings. The molecule has 0 radical (unpaired) electrons. The van der Waals surface area contributed by atoms with Crippen molar-refractivity contribution >= 4 is 23.4 Å². The van der Waals surface area contributed by atoms with Crippen LogP contribution in [0.5, 0.6) is 11.5 Å². The predicted octanol–water partition coefficient (Wildman–Crippen LogP) is 2.05. The van der Waals surface area contributed by atoms with Crippen molar-refractivity contribution in [3.8, 4) is 29.0 Å². The zero-order valence-electron chi connectivity index (χ0n) is 20.5. The highest BCUT2D eigenvalue weighted by molar-refractivity contribution is 5.80. The third kappa shape index (κ3) is 5.40. The quantitative estimate of drug-likeness (QED) is 0.437. The maximum absolute atomic E-state index is 14.8. The zero-order chi connectivity index (χ0) is 26.6. The second-order valence-electron chi connectivity index (χ2n) is 8.85. The zero-order valence-corrected chi connectivity index (χ0v) is 20.5. The first-order valence-electron chi connectivity index (χ1n) is 12.1. The van der Waals surface area contributed by atoms with Gasteiger partial charge in [0.1, 0.15) is 37.0 Å². The summed E-state index contributed by atoms with van der Waals surface area (Å²) in [4.78, 5) is 30.4. The molecule has 13 heteroatoms. The van der Waals surface area contributed by atoms with Crippen LogP contribution in [0.3, 0.4) is 0 Å². The molecular weight excluding hydrogens is 495 g/mol. The van der Waals surface area contributed by atoms with E-state index in [2.05, 4.69) is 36.6 Å². The molecule has 3 aromatic rings. The van der Waals surface area contributed by atoms with E-state index < -0.39 is 24.3 Å². The van der Waals surface area contributed by atoms with Crippen LogP contribution in [0, 0.1) is 11.3 Å². The van der Waals surface area contributed by atoms with Gasteiger partial charge in [0.25, 0.3) is 5.91 Å². The van der Waals surface area contributed by atoms with Crippen LogP contribution in [-0.4, -0.2) is 80.5 Å². The Hall–Kier alpha value is -4.57. The van der Waals surface area contributed by atoms with E-state index in [9.17, 15) is 19.6 Å². The molecule has 2 aliphatic heterocycles. The minimum Gasteiger partial charge on any atom is -0.488 e. The summed E-state index contributed by atoms with van der Waals surface area (Å²) in [6, 6.07) is 8.68. The second kappa shape index (κ2) is 10.8. The molecule has 0 spiro atoms. The smallest absolute Gasteiger partial charge is 0.251 e. The molecule has 1 saturated heterocycles. The fourth-order valence-electron chi connectivity index (χ4n) is 4.21. The summed E-state index contributed by atoms with van der Waals surface area (Å²) in [5, 5.41) is 25.4. The van der Waals surface area contributed by atoms with Gasteiger partial charge in [-0.15, -0.1) is 0 Å². The van der Waals surface area contributed by atoms with E-state index in [1.165, 1.54) is 18.2 Å². The first kappa shape index (κ1) is 25.1. The molecule has 3 atom stereocenters. The largest absolute Gasteiger partial charge is 0.488 e. The number of nitrogens with one attached hydrogen (secondary N) is 2. The van der Waals surface area contributed by atoms with Gasteiger partial charge in [0.15, 0.2) is 23.6 Å². The maximum Gasteiger partial charge on any atom is 0.251 e. The molecule has 1 amide bonds. The number of nitriles is 1. The van der Waals surface area contributed by atoms with Gasteiger partial charge in [-0.2, -0.15) is 10.2 Å². The molecule has 38 heavy (non-hydrogen) atoms. The number of carbonyl (C=O) groups excluding carboxylic acids is 1. The maximum atomic E-state index is 14.8. The summed E-state index contributed by atoms with van der Waals surface area (Å²) in [6.07, 6.45) is -0.275. The van der Waals surface area contributed by atoms with E-state index in [1.807, 2.05) is 0 Å². The molecule has 2 aromatic heterocycles. The summed E-state index contributed by atoms with van der Waals surface area (Å²) < 4.78 is 26.2. The van der Waals surface area contributed by atoms with E-state index in [1.54, 1.807) is 30.5 Å². The molecule has 0 bridgehead atoms. The number of hydrogen-bond acceptors (Lipinski definition) is 11. The highest BCUT2D eigenvalue weighted by Gasteiger charge is 2.34. The third-order valence-electron chi connectivity index (χ3n) is 6.12. The number of fused-ring (bicyclic) bond motifs is 1. The number of pyridine rings is 1. The van der Waals surface area contributed by atoms with Crippen LogP contribution in [0.15, 0.2) is 36.8 Å². The lowest BCUT2D eigenvalue weighted by atomic mass is 10.0. The van der Waals surface area contributed by atoms with Gasteiger partial charge in [-0.3, -0.25) is 4.79 Å². The van der Waals surface area contributed by atoms with Crippen molar-refractivity contribution in [3.05, 3.63) is 42.4 Å². The Morgan fingerprint density at radius 1 is 1.37 bits per heavy atom. The van der Waals surface area contributed by atoms with Gasteiger partial charge in [-0.25, -0.2) is 19.3 Å². The van der Waals surface area contributed by atoms with Gasteiger partial charge in [0.2, 0.25) is 5.95 Å². The molecule has 12 nitrogen and oxygen atoms in total. The molecule has 4 heterocycles. The Bertz CT molecular complexity index is 1380. The lowest BCUT2D eigenvalue weighted by Crippen LogP contribution is -2.51. The molecular formula is C25H25FN8O4. The summed E-state index contributed by atoms with van der Waals surface area (Å²) in [6.45, 7) is 2.65. The summed E-state index contributed by atoms with van der Waals surface area (Å²) in [7, 11) is 0. The monoisotopic (exact) mass is 520 g/mol. The van der Waals surface area contributed by atoms with Gasteiger partial charge in [-0.05, 0) is 25.1 Å². The van der Waals surface area contributed by atoms with Crippen molar-refractivity contribution in [2.24, 2.45) is 0 Å². The average molecular weight is 521 g/mol. The summed E-state index contributed by atoms with van der Waals surface area (Å²) in [5.74, 6) is 1.59. The number of amides is 1. The summed E-state index contributed by atoms with van der Waals surface area (Å²) >= 11 is 0. The van der Waals surface area contributed by atoms with Crippen molar-refractivity contribution in [2.75, 3.05) is 36.9 Å². The molecule has 196 valence electrons. The van der Waals surface area contributed by atoms with E-state index in [0.29, 0.717) is 41.8 Å². The Labute approximate surface area is 217 Å². The molecule has 3 N–H and O–H groups in total. The lowest BCUT2D eigenvalue weighted by molar-refractivity contribution is -0.143. The van der Waals surface area contributed by atoms with E-state index in [4.69, 9.17) is 9.47 Å². The van der Waals surface area contributed by atoms with Crippen LogP contribution in [0.25, 0.3) is 11.4 Å². The van der Waals surface area contributed by atoms with Crippen LogP contribution in [0.2, 0.25) is 0 Å². The number of ether oxygens (including phenoxy) is 2. The lowest BCUT2D eigenvalue weighted by Gasteiger charge is -2.35. The van der Waals surface area contributed by atoms with E-state index in [0.717, 1.165) is 0 Å². The van der Waals surface area contributed by atoms with Crippen molar-refractivity contribution in [2.45, 2.75) is 31.7 Å². The molecule has 0 aliphatic carbocycles. The number of aliphatic hydroxyl groups is 1. The Balaban J connectivity index is 1.29. The first-order valence-corrected chi connectivity index (χ1v) is 12.1. The van der Waals surface area contributed by atoms with Crippen molar-refractivity contribution in [1.29, 1.82) is 5.26 Å². The summed E-state index contributed by atoms with van der Waals surface area (Å²) in [5.41, 5.74) is 1.37.